The molecule has 1 N–H and O–H groups in total. The lowest BCUT2D eigenvalue weighted by Gasteiger charge is -2.36. The van der Waals surface area contributed by atoms with Gasteiger partial charge < -0.3 is 9.64 Å². The number of anilines is 1. The first-order chi connectivity index (χ1) is 13.7. The third kappa shape index (κ3) is 5.33. The first-order valence-corrected chi connectivity index (χ1v) is 9.66. The monoisotopic (exact) mass is 380 g/mol. The van der Waals surface area contributed by atoms with Gasteiger partial charge >= 0.3 is 0 Å². The van der Waals surface area contributed by atoms with Gasteiger partial charge in [0.15, 0.2) is 0 Å². The summed E-state index contributed by atoms with van der Waals surface area (Å²) in [5, 5.41) is 4.23. The number of carbonyl (C=O) groups is 1. The van der Waals surface area contributed by atoms with E-state index in [4.69, 9.17) is 4.74 Å². The molecule has 1 aliphatic heterocycles. The third-order valence-corrected chi connectivity index (χ3v) is 4.99. The van der Waals surface area contributed by atoms with Gasteiger partial charge in [-0.2, -0.15) is 5.10 Å². The quantitative estimate of drug-likeness (QED) is 0.593. The Labute approximate surface area is 166 Å². The van der Waals surface area contributed by atoms with Gasteiger partial charge in [-0.15, -0.1) is 0 Å². The smallest absolute Gasteiger partial charge is 0.241 e. The predicted octanol–water partition coefficient (Wildman–Crippen LogP) is 2.75. The molecule has 1 aliphatic rings. The van der Waals surface area contributed by atoms with Crippen LogP contribution in [0.3, 0.4) is 0 Å². The molecule has 148 valence electrons. The molecule has 0 aromatic heterocycles. The van der Waals surface area contributed by atoms with Crippen molar-refractivity contribution in [2.24, 2.45) is 5.10 Å². The van der Waals surface area contributed by atoms with Gasteiger partial charge in [-0.25, -0.2) is 5.43 Å². The number of piperazine rings is 1. The van der Waals surface area contributed by atoms with Gasteiger partial charge in [0.1, 0.15) is 5.75 Å². The molecule has 0 saturated carbocycles. The molecule has 0 spiro atoms. The van der Waals surface area contributed by atoms with Gasteiger partial charge in [0.2, 0.25) is 5.91 Å². The highest BCUT2D eigenvalue weighted by molar-refractivity contribution is 6.01. The van der Waals surface area contributed by atoms with Crippen LogP contribution in [0, 0.1) is 0 Å². The molecule has 2 aromatic carbocycles. The van der Waals surface area contributed by atoms with E-state index in [1.165, 1.54) is 5.69 Å². The number of benzene rings is 2. The largest absolute Gasteiger partial charge is 0.496 e. The average molecular weight is 380 g/mol. The minimum absolute atomic E-state index is 0.0697. The minimum Gasteiger partial charge on any atom is -0.496 e. The summed E-state index contributed by atoms with van der Waals surface area (Å²) < 4.78 is 5.34. The normalized spacial score (nSPS) is 15.4. The van der Waals surface area contributed by atoms with E-state index in [-0.39, 0.29) is 5.91 Å². The van der Waals surface area contributed by atoms with Crippen LogP contribution in [0.15, 0.2) is 59.7 Å². The summed E-state index contributed by atoms with van der Waals surface area (Å²) >= 11 is 0. The van der Waals surface area contributed by atoms with E-state index in [1.54, 1.807) is 7.11 Å². The number of amides is 1. The lowest BCUT2D eigenvalue weighted by Crippen LogP contribution is -2.47. The highest BCUT2D eigenvalue weighted by Crippen LogP contribution is 2.18. The molecule has 0 radical (unpaired) electrons. The van der Waals surface area contributed by atoms with Gasteiger partial charge in [0.25, 0.3) is 0 Å². The van der Waals surface area contributed by atoms with E-state index >= 15 is 0 Å². The second-order valence-corrected chi connectivity index (χ2v) is 6.85. The highest BCUT2D eigenvalue weighted by Gasteiger charge is 2.17. The number of methoxy groups -OCH3 is 1. The maximum absolute atomic E-state index is 12.2. The Kier molecular flexibility index (Phi) is 7.03. The van der Waals surface area contributed by atoms with Crippen LogP contribution in [0.2, 0.25) is 0 Å². The molecule has 1 fully saturated rings. The molecule has 1 saturated heterocycles. The Morgan fingerprint density at radius 3 is 2.43 bits per heavy atom. The van der Waals surface area contributed by atoms with Gasteiger partial charge in [-0.05, 0) is 31.2 Å². The summed E-state index contributed by atoms with van der Waals surface area (Å²) in [6.45, 7) is 6.50. The Morgan fingerprint density at radius 1 is 1.04 bits per heavy atom. The summed E-state index contributed by atoms with van der Waals surface area (Å²) in [5.74, 6) is 0.675. The first kappa shape index (κ1) is 19.9. The average Bonchev–Trinajstić information content (AvgIpc) is 2.77. The van der Waals surface area contributed by atoms with Crippen LogP contribution < -0.4 is 15.1 Å². The topological polar surface area (TPSA) is 57.2 Å². The van der Waals surface area contributed by atoms with E-state index in [0.29, 0.717) is 6.42 Å². The van der Waals surface area contributed by atoms with E-state index < -0.39 is 0 Å². The van der Waals surface area contributed by atoms with Crippen LogP contribution >= 0.6 is 0 Å². The van der Waals surface area contributed by atoms with Crippen LogP contribution in [0.1, 0.15) is 18.9 Å². The number of ether oxygens (including phenoxy) is 1. The molecule has 0 bridgehead atoms. The van der Waals surface area contributed by atoms with Crippen molar-refractivity contribution in [3.63, 3.8) is 0 Å². The van der Waals surface area contributed by atoms with Crippen molar-refractivity contribution in [2.45, 2.75) is 13.3 Å². The summed E-state index contributed by atoms with van der Waals surface area (Å²) in [6, 6.07) is 18.1. The Hall–Kier alpha value is -2.86. The summed E-state index contributed by atoms with van der Waals surface area (Å²) in [4.78, 5) is 16.9. The zero-order chi connectivity index (χ0) is 19.8. The number of nitrogens with one attached hydrogen (secondary N) is 1. The van der Waals surface area contributed by atoms with Crippen molar-refractivity contribution in [3.8, 4) is 5.75 Å². The SMILES string of the molecule is COc1ccccc1/C(C)=N/NC(=O)CCN1CCN(c2ccccc2)CC1. The van der Waals surface area contributed by atoms with Gasteiger partial charge in [0.05, 0.1) is 12.8 Å². The number of hydrogen-bond donors (Lipinski definition) is 1. The van der Waals surface area contributed by atoms with E-state index in [0.717, 1.165) is 49.7 Å². The molecule has 3 rings (SSSR count). The van der Waals surface area contributed by atoms with Crippen molar-refractivity contribution < 1.29 is 9.53 Å². The molecule has 0 atom stereocenters. The second kappa shape index (κ2) is 9.90. The molecule has 1 amide bonds. The summed E-state index contributed by atoms with van der Waals surface area (Å²) in [5.41, 5.74) is 5.53. The number of hydrazone groups is 1. The standard InChI is InChI=1S/C22H28N4O2/c1-18(20-10-6-7-11-21(20)28-2)23-24-22(27)12-13-25-14-16-26(17-15-25)19-8-4-3-5-9-19/h3-11H,12-17H2,1-2H3,(H,24,27)/b23-18+. The Morgan fingerprint density at radius 2 is 1.71 bits per heavy atom. The molecule has 0 aliphatic carbocycles. The maximum Gasteiger partial charge on any atom is 0.241 e. The lowest BCUT2D eigenvalue weighted by molar-refractivity contribution is -0.121. The highest BCUT2D eigenvalue weighted by atomic mass is 16.5. The molecular weight excluding hydrogens is 352 g/mol. The number of rotatable bonds is 7. The van der Waals surface area contributed by atoms with Crippen LogP contribution in [0.4, 0.5) is 5.69 Å². The second-order valence-electron chi connectivity index (χ2n) is 6.85. The van der Waals surface area contributed by atoms with Crippen molar-refractivity contribution in [1.29, 1.82) is 0 Å². The fourth-order valence-corrected chi connectivity index (χ4v) is 3.33. The predicted molar refractivity (Wildman–Crippen MR) is 113 cm³/mol. The number of nitrogens with zero attached hydrogens (tertiary/aromatic N) is 3. The van der Waals surface area contributed by atoms with Crippen LogP contribution in [-0.2, 0) is 4.79 Å². The summed E-state index contributed by atoms with van der Waals surface area (Å²) in [7, 11) is 1.63. The molecular formula is C22H28N4O2. The molecule has 0 unspecified atom stereocenters. The number of hydrogen-bond acceptors (Lipinski definition) is 5. The van der Waals surface area contributed by atoms with Gasteiger partial charge in [0, 0.05) is 50.4 Å². The third-order valence-electron chi connectivity index (χ3n) is 4.99. The van der Waals surface area contributed by atoms with Crippen LogP contribution in [0.25, 0.3) is 0 Å². The zero-order valence-electron chi connectivity index (χ0n) is 16.6. The van der Waals surface area contributed by atoms with E-state index in [2.05, 4.69) is 44.6 Å². The van der Waals surface area contributed by atoms with Crippen molar-refractivity contribution in [3.05, 3.63) is 60.2 Å². The van der Waals surface area contributed by atoms with Gasteiger partial charge in [-0.3, -0.25) is 9.69 Å². The lowest BCUT2D eigenvalue weighted by atomic mass is 10.1. The summed E-state index contributed by atoms with van der Waals surface area (Å²) in [6.07, 6.45) is 0.439. The van der Waals surface area contributed by atoms with Crippen molar-refractivity contribution >= 4 is 17.3 Å². The molecule has 28 heavy (non-hydrogen) atoms. The Bertz CT molecular complexity index is 799. The van der Waals surface area contributed by atoms with E-state index in [1.807, 2.05) is 37.3 Å². The van der Waals surface area contributed by atoms with Crippen LogP contribution in [0.5, 0.6) is 5.75 Å². The molecule has 2 aromatic rings. The van der Waals surface area contributed by atoms with Crippen molar-refractivity contribution in [2.75, 3.05) is 44.7 Å². The molecule has 6 heteroatoms. The first-order valence-electron chi connectivity index (χ1n) is 9.66. The van der Waals surface area contributed by atoms with Crippen LogP contribution in [-0.4, -0.2) is 56.4 Å². The van der Waals surface area contributed by atoms with E-state index in [9.17, 15) is 4.79 Å². The maximum atomic E-state index is 12.2. The Balaban J connectivity index is 1.42. The van der Waals surface area contributed by atoms with Crippen molar-refractivity contribution in [1.82, 2.24) is 10.3 Å². The number of carbonyl (C=O) groups excluding carboxylic acids is 1. The number of para-hydroxylation sites is 2. The zero-order valence-corrected chi connectivity index (χ0v) is 16.6. The minimum atomic E-state index is -0.0697. The molecule has 6 nitrogen and oxygen atoms in total. The fraction of sp³-hybridized carbons (Fsp3) is 0.364. The fourth-order valence-electron chi connectivity index (χ4n) is 3.33. The van der Waals surface area contributed by atoms with Gasteiger partial charge in [-0.1, -0.05) is 30.3 Å². The molecule has 1 heterocycles.